The molecule has 5 nitrogen and oxygen atoms in total. The van der Waals surface area contributed by atoms with Gasteiger partial charge in [0.1, 0.15) is 6.07 Å². The average Bonchev–Trinajstić information content (AvgIpc) is 2.86. The zero-order valence-corrected chi connectivity index (χ0v) is 12.2. The highest BCUT2D eigenvalue weighted by atomic mass is 16.2. The number of aromatic nitrogens is 1. The highest BCUT2D eigenvalue weighted by molar-refractivity contribution is 5.81. The Kier molecular flexibility index (Phi) is 3.93. The Morgan fingerprint density at radius 2 is 2.30 bits per heavy atom. The number of carbonyl (C=O) groups excluding carboxylic acids is 1. The first-order valence-corrected chi connectivity index (χ1v) is 6.83. The van der Waals surface area contributed by atoms with Crippen LogP contribution in [0.3, 0.4) is 0 Å². The smallest absolute Gasteiger partial charge is 0.225 e. The number of anilines is 1. The van der Waals surface area contributed by atoms with Gasteiger partial charge in [0.25, 0.3) is 0 Å². The molecule has 5 heteroatoms. The van der Waals surface area contributed by atoms with Crippen molar-refractivity contribution in [3.63, 3.8) is 0 Å². The predicted octanol–water partition coefficient (Wildman–Crippen LogP) is 1.69. The van der Waals surface area contributed by atoms with Crippen molar-refractivity contribution in [3.05, 3.63) is 24.0 Å². The number of amides is 1. The molecule has 2 rings (SSSR count). The summed E-state index contributed by atoms with van der Waals surface area (Å²) in [6.45, 7) is 7.36. The van der Waals surface area contributed by atoms with Crippen LogP contribution in [0.1, 0.15) is 32.9 Å². The summed E-state index contributed by atoms with van der Waals surface area (Å²) in [6.07, 6.45) is 2.42. The highest BCUT2D eigenvalue weighted by Gasteiger charge is 2.31. The van der Waals surface area contributed by atoms with Crippen molar-refractivity contribution >= 4 is 11.6 Å². The van der Waals surface area contributed by atoms with E-state index >= 15 is 0 Å². The van der Waals surface area contributed by atoms with E-state index in [9.17, 15) is 4.79 Å². The molecule has 0 radical (unpaired) electrons. The van der Waals surface area contributed by atoms with Crippen LogP contribution >= 0.6 is 0 Å². The Balaban J connectivity index is 2.06. The van der Waals surface area contributed by atoms with Crippen LogP contribution in [0.2, 0.25) is 0 Å². The fourth-order valence-corrected chi connectivity index (χ4v) is 2.40. The first-order valence-electron chi connectivity index (χ1n) is 6.83. The molecule has 1 atom stereocenters. The van der Waals surface area contributed by atoms with E-state index in [0.29, 0.717) is 12.2 Å². The summed E-state index contributed by atoms with van der Waals surface area (Å²) in [6, 6.07) is 5.80. The van der Waals surface area contributed by atoms with Crippen LogP contribution in [0.25, 0.3) is 0 Å². The van der Waals surface area contributed by atoms with Gasteiger partial charge in [-0.15, -0.1) is 0 Å². The van der Waals surface area contributed by atoms with Gasteiger partial charge >= 0.3 is 0 Å². The van der Waals surface area contributed by atoms with Crippen molar-refractivity contribution < 1.29 is 4.79 Å². The summed E-state index contributed by atoms with van der Waals surface area (Å²) in [5.41, 5.74) is 1.03. The Morgan fingerprint density at radius 1 is 1.55 bits per heavy atom. The molecule has 1 aromatic heterocycles. The van der Waals surface area contributed by atoms with Gasteiger partial charge in [0.05, 0.1) is 11.6 Å². The van der Waals surface area contributed by atoms with E-state index in [4.69, 9.17) is 5.26 Å². The van der Waals surface area contributed by atoms with E-state index < -0.39 is 0 Å². The molecule has 1 unspecified atom stereocenters. The van der Waals surface area contributed by atoms with Crippen molar-refractivity contribution in [3.8, 4) is 6.07 Å². The fraction of sp³-hybridized carbons (Fsp3) is 0.533. The molecular formula is C15H20N4O. The zero-order valence-electron chi connectivity index (χ0n) is 12.2. The van der Waals surface area contributed by atoms with Crippen molar-refractivity contribution in [2.24, 2.45) is 5.92 Å². The minimum Gasteiger partial charge on any atom is -0.368 e. The maximum atomic E-state index is 12.2. The highest BCUT2D eigenvalue weighted by Crippen LogP contribution is 2.26. The Bertz CT molecular complexity index is 542. The van der Waals surface area contributed by atoms with Crippen molar-refractivity contribution in [2.75, 3.05) is 18.0 Å². The molecule has 1 aromatic rings. The van der Waals surface area contributed by atoms with Crippen molar-refractivity contribution in [1.82, 2.24) is 10.3 Å². The number of nitrogens with one attached hydrogen (secondary N) is 1. The second-order valence-corrected chi connectivity index (χ2v) is 6.15. The van der Waals surface area contributed by atoms with Gasteiger partial charge in [-0.2, -0.15) is 5.26 Å². The van der Waals surface area contributed by atoms with Gasteiger partial charge in [-0.3, -0.25) is 4.79 Å². The molecule has 0 bridgehead atoms. The number of hydrogen-bond donors (Lipinski definition) is 1. The number of nitrogens with zero attached hydrogens (tertiary/aromatic N) is 3. The van der Waals surface area contributed by atoms with Crippen molar-refractivity contribution in [1.29, 1.82) is 5.26 Å². The van der Waals surface area contributed by atoms with Gasteiger partial charge in [0.2, 0.25) is 5.91 Å². The number of carbonyl (C=O) groups is 1. The van der Waals surface area contributed by atoms with E-state index in [2.05, 4.69) is 21.3 Å². The van der Waals surface area contributed by atoms with E-state index in [1.165, 1.54) is 0 Å². The van der Waals surface area contributed by atoms with Crippen LogP contribution in [0, 0.1) is 17.2 Å². The van der Waals surface area contributed by atoms with Gasteiger partial charge in [0.15, 0.2) is 5.69 Å². The summed E-state index contributed by atoms with van der Waals surface area (Å²) < 4.78 is 0. The van der Waals surface area contributed by atoms with E-state index in [1.54, 1.807) is 6.20 Å². The molecule has 1 amide bonds. The van der Waals surface area contributed by atoms with Gasteiger partial charge < -0.3 is 10.2 Å². The molecule has 0 saturated carbocycles. The van der Waals surface area contributed by atoms with Gasteiger partial charge in [-0.1, -0.05) is 0 Å². The lowest BCUT2D eigenvalue weighted by Crippen LogP contribution is -2.44. The first kappa shape index (κ1) is 14.3. The summed E-state index contributed by atoms with van der Waals surface area (Å²) in [7, 11) is 0. The quantitative estimate of drug-likeness (QED) is 0.889. The summed E-state index contributed by atoms with van der Waals surface area (Å²) in [5, 5.41) is 12.1. The summed E-state index contributed by atoms with van der Waals surface area (Å²) in [5.74, 6) is 0.0587. The molecule has 1 aliphatic rings. The molecule has 1 saturated heterocycles. The van der Waals surface area contributed by atoms with Crippen LogP contribution in [0.4, 0.5) is 5.69 Å². The van der Waals surface area contributed by atoms with Gasteiger partial charge in [0, 0.05) is 24.8 Å². The lowest BCUT2D eigenvalue weighted by atomic mass is 10.0. The molecule has 1 fully saturated rings. The Morgan fingerprint density at radius 3 is 2.95 bits per heavy atom. The Hall–Kier alpha value is -2.09. The van der Waals surface area contributed by atoms with Crippen LogP contribution < -0.4 is 10.2 Å². The fourth-order valence-electron chi connectivity index (χ4n) is 2.40. The maximum absolute atomic E-state index is 12.2. The van der Waals surface area contributed by atoms with E-state index in [1.807, 2.05) is 32.9 Å². The van der Waals surface area contributed by atoms with Crippen LogP contribution in [-0.2, 0) is 4.79 Å². The van der Waals surface area contributed by atoms with Crippen molar-refractivity contribution in [2.45, 2.75) is 32.7 Å². The number of hydrogen-bond acceptors (Lipinski definition) is 4. The van der Waals surface area contributed by atoms with Gasteiger partial charge in [-0.25, -0.2) is 4.98 Å². The lowest BCUT2D eigenvalue weighted by molar-refractivity contribution is -0.125. The summed E-state index contributed by atoms with van der Waals surface area (Å²) in [4.78, 5) is 18.3. The maximum Gasteiger partial charge on any atom is 0.225 e. The third kappa shape index (κ3) is 3.27. The third-order valence-electron chi connectivity index (χ3n) is 3.29. The molecule has 1 aliphatic heterocycles. The predicted molar refractivity (Wildman–Crippen MR) is 77.2 cm³/mol. The Labute approximate surface area is 119 Å². The number of rotatable bonds is 2. The van der Waals surface area contributed by atoms with Crippen LogP contribution in [0.5, 0.6) is 0 Å². The number of pyridine rings is 1. The topological polar surface area (TPSA) is 69.0 Å². The summed E-state index contributed by atoms with van der Waals surface area (Å²) >= 11 is 0. The minimum atomic E-state index is -0.212. The van der Waals surface area contributed by atoms with Gasteiger partial charge in [-0.05, 0) is 39.3 Å². The zero-order chi connectivity index (χ0) is 14.8. The molecule has 0 spiro atoms. The molecule has 1 N–H and O–H groups in total. The molecule has 20 heavy (non-hydrogen) atoms. The third-order valence-corrected chi connectivity index (χ3v) is 3.29. The minimum absolute atomic E-state index is 0.0269. The molecule has 0 aliphatic carbocycles. The van der Waals surface area contributed by atoms with E-state index in [0.717, 1.165) is 18.7 Å². The van der Waals surface area contributed by atoms with E-state index in [-0.39, 0.29) is 17.4 Å². The molecular weight excluding hydrogens is 252 g/mol. The molecule has 0 aromatic carbocycles. The monoisotopic (exact) mass is 272 g/mol. The first-order chi connectivity index (χ1) is 9.40. The average molecular weight is 272 g/mol. The second-order valence-electron chi connectivity index (χ2n) is 6.15. The SMILES string of the molecule is CC(C)(C)NC(=O)C1CCN(c2cccnc2C#N)C1. The standard InChI is InChI=1S/C15H20N4O/c1-15(2,3)18-14(20)11-6-8-19(10-11)13-5-4-7-17-12(13)9-16/h4-5,7,11H,6,8,10H2,1-3H3,(H,18,20). The molecule has 2 heterocycles. The number of nitriles is 1. The largest absolute Gasteiger partial charge is 0.368 e. The normalized spacial score (nSPS) is 18.7. The molecule has 106 valence electrons. The lowest BCUT2D eigenvalue weighted by Gasteiger charge is -2.23. The second kappa shape index (κ2) is 5.49. The van der Waals surface area contributed by atoms with Crippen LogP contribution in [-0.4, -0.2) is 29.5 Å². The van der Waals surface area contributed by atoms with Crippen LogP contribution in [0.15, 0.2) is 18.3 Å².